The van der Waals surface area contributed by atoms with Crippen molar-refractivity contribution in [1.82, 2.24) is 0 Å². The van der Waals surface area contributed by atoms with Gasteiger partial charge in [0.25, 0.3) is 0 Å². The molecule has 1 aliphatic carbocycles. The summed E-state index contributed by atoms with van der Waals surface area (Å²) in [6.07, 6.45) is 13.6. The molecule has 0 amide bonds. The summed E-state index contributed by atoms with van der Waals surface area (Å²) < 4.78 is 0. The molecule has 1 unspecified atom stereocenters. The second kappa shape index (κ2) is 8.57. The van der Waals surface area contributed by atoms with Crippen molar-refractivity contribution in [3.05, 3.63) is 0 Å². The van der Waals surface area contributed by atoms with Gasteiger partial charge in [0.15, 0.2) is 5.78 Å². The van der Waals surface area contributed by atoms with Gasteiger partial charge in [-0.1, -0.05) is 78.6 Å². The molecule has 0 radical (unpaired) electrons. The van der Waals surface area contributed by atoms with Crippen LogP contribution in [0.5, 0.6) is 0 Å². The molecule has 0 heterocycles. The second-order valence-corrected chi connectivity index (χ2v) is 7.49. The maximum absolute atomic E-state index is 12.6. The fourth-order valence-corrected chi connectivity index (χ4v) is 3.67. The van der Waals surface area contributed by atoms with Crippen molar-refractivity contribution in [2.75, 3.05) is 0 Å². The van der Waals surface area contributed by atoms with Crippen LogP contribution in [0.4, 0.5) is 0 Å². The van der Waals surface area contributed by atoms with Crippen LogP contribution in [0.1, 0.15) is 97.8 Å². The third-order valence-electron chi connectivity index (χ3n) is 5.13. The van der Waals surface area contributed by atoms with Crippen LogP contribution in [0.2, 0.25) is 0 Å². The Morgan fingerprint density at radius 3 is 2.14 bits per heavy atom. The number of unbranched alkanes of at least 4 members (excludes halogenated alkanes) is 7. The molecule has 0 aromatic rings. The van der Waals surface area contributed by atoms with Gasteiger partial charge < -0.3 is 0 Å². The van der Waals surface area contributed by atoms with Gasteiger partial charge in [-0.25, -0.2) is 0 Å². The maximum Gasteiger partial charge on any atom is 0.158 e. The first-order valence-corrected chi connectivity index (χ1v) is 8.95. The van der Waals surface area contributed by atoms with Gasteiger partial charge in [0.1, 0.15) is 5.41 Å². The number of nitrogens with zero attached hydrogens (tertiary/aromatic N) is 1. The first-order valence-electron chi connectivity index (χ1n) is 8.95. The van der Waals surface area contributed by atoms with E-state index < -0.39 is 5.41 Å². The van der Waals surface area contributed by atoms with E-state index in [1.54, 1.807) is 0 Å². The highest BCUT2D eigenvalue weighted by molar-refractivity contribution is 5.92. The maximum atomic E-state index is 12.6. The minimum absolute atomic E-state index is 0.201. The van der Waals surface area contributed by atoms with E-state index in [1.807, 2.05) is 13.8 Å². The molecular weight excluding hydrogens is 258 g/mol. The van der Waals surface area contributed by atoms with E-state index in [0.717, 1.165) is 32.1 Å². The molecule has 1 saturated carbocycles. The predicted molar refractivity (Wildman–Crippen MR) is 87.9 cm³/mol. The number of rotatable bonds is 9. The molecule has 0 aliphatic heterocycles. The SMILES string of the molecule is CCCCCCCCCCC1(C#N)CCCC(C)(C)C1=O. The minimum atomic E-state index is -0.677. The minimum Gasteiger partial charge on any atom is -0.297 e. The molecule has 2 nitrogen and oxygen atoms in total. The molecule has 21 heavy (non-hydrogen) atoms. The number of hydrogen-bond acceptors (Lipinski definition) is 2. The summed E-state index contributed by atoms with van der Waals surface area (Å²) in [4.78, 5) is 12.6. The van der Waals surface area contributed by atoms with Crippen molar-refractivity contribution in [3.8, 4) is 6.07 Å². The van der Waals surface area contributed by atoms with Gasteiger partial charge in [0.2, 0.25) is 0 Å². The van der Waals surface area contributed by atoms with Gasteiger partial charge in [-0.3, -0.25) is 4.79 Å². The molecule has 0 spiro atoms. The summed E-state index contributed by atoms with van der Waals surface area (Å²) in [5.41, 5.74) is -0.974. The average molecular weight is 291 g/mol. The molecule has 0 saturated heterocycles. The molecule has 120 valence electrons. The van der Waals surface area contributed by atoms with Crippen LogP contribution in [0, 0.1) is 22.2 Å². The van der Waals surface area contributed by atoms with E-state index in [0.29, 0.717) is 0 Å². The monoisotopic (exact) mass is 291 g/mol. The Morgan fingerprint density at radius 1 is 1.00 bits per heavy atom. The first-order chi connectivity index (χ1) is 9.98. The van der Waals surface area contributed by atoms with E-state index >= 15 is 0 Å². The zero-order valence-electron chi connectivity index (χ0n) is 14.3. The Balaban J connectivity index is 2.31. The zero-order valence-corrected chi connectivity index (χ0v) is 14.3. The summed E-state index contributed by atoms with van der Waals surface area (Å²) in [6.45, 7) is 6.26. The van der Waals surface area contributed by atoms with Crippen molar-refractivity contribution in [1.29, 1.82) is 5.26 Å². The van der Waals surface area contributed by atoms with Crippen molar-refractivity contribution in [2.45, 2.75) is 97.8 Å². The lowest BCUT2D eigenvalue weighted by Crippen LogP contribution is -2.43. The van der Waals surface area contributed by atoms with Crippen LogP contribution < -0.4 is 0 Å². The zero-order chi connectivity index (χ0) is 15.8. The molecule has 2 heteroatoms. The van der Waals surface area contributed by atoms with Gasteiger partial charge in [0, 0.05) is 5.41 Å². The number of carbonyl (C=O) groups is 1. The van der Waals surface area contributed by atoms with Gasteiger partial charge in [-0.15, -0.1) is 0 Å². The fourth-order valence-electron chi connectivity index (χ4n) is 3.67. The highest BCUT2D eigenvalue weighted by atomic mass is 16.1. The summed E-state index contributed by atoms with van der Waals surface area (Å²) in [7, 11) is 0. The van der Waals surface area contributed by atoms with Gasteiger partial charge in [-0.2, -0.15) is 5.26 Å². The molecule has 1 aliphatic rings. The molecule has 0 aromatic carbocycles. The Bertz CT molecular complexity index is 366. The van der Waals surface area contributed by atoms with E-state index in [9.17, 15) is 10.1 Å². The number of carbonyl (C=O) groups excluding carboxylic acids is 1. The lowest BCUT2D eigenvalue weighted by Gasteiger charge is -2.39. The lowest BCUT2D eigenvalue weighted by molar-refractivity contribution is -0.138. The van der Waals surface area contributed by atoms with Crippen LogP contribution in [0.3, 0.4) is 0 Å². The Hall–Kier alpha value is -0.840. The third kappa shape index (κ3) is 5.13. The average Bonchev–Trinajstić information content (AvgIpc) is 2.46. The molecule has 0 N–H and O–H groups in total. The van der Waals surface area contributed by atoms with Crippen LogP contribution in [0.15, 0.2) is 0 Å². The predicted octanol–water partition coefficient (Wildman–Crippen LogP) is 5.81. The highest BCUT2D eigenvalue weighted by Gasteiger charge is 2.48. The van der Waals surface area contributed by atoms with E-state index in [-0.39, 0.29) is 11.2 Å². The molecular formula is C19H33NO. The van der Waals surface area contributed by atoms with Crippen molar-refractivity contribution in [3.63, 3.8) is 0 Å². The summed E-state index contributed by atoms with van der Waals surface area (Å²) in [5.74, 6) is 0.201. The van der Waals surface area contributed by atoms with E-state index in [4.69, 9.17) is 0 Å². The molecule has 1 rings (SSSR count). The normalized spacial score (nSPS) is 24.8. The van der Waals surface area contributed by atoms with Crippen LogP contribution in [0.25, 0.3) is 0 Å². The van der Waals surface area contributed by atoms with Crippen LogP contribution in [-0.4, -0.2) is 5.78 Å². The van der Waals surface area contributed by atoms with Crippen molar-refractivity contribution in [2.24, 2.45) is 10.8 Å². The lowest BCUT2D eigenvalue weighted by atomic mass is 9.61. The van der Waals surface area contributed by atoms with E-state index in [1.165, 1.54) is 44.9 Å². The summed E-state index contributed by atoms with van der Waals surface area (Å²) in [6, 6.07) is 2.39. The number of nitriles is 1. The van der Waals surface area contributed by atoms with Gasteiger partial charge in [0.05, 0.1) is 6.07 Å². The largest absolute Gasteiger partial charge is 0.297 e. The highest BCUT2D eigenvalue weighted by Crippen LogP contribution is 2.45. The Labute approximate surface area is 131 Å². The van der Waals surface area contributed by atoms with Crippen LogP contribution in [-0.2, 0) is 4.79 Å². The van der Waals surface area contributed by atoms with E-state index in [2.05, 4.69) is 13.0 Å². The van der Waals surface area contributed by atoms with Gasteiger partial charge >= 0.3 is 0 Å². The Kier molecular flexibility index (Phi) is 7.43. The Morgan fingerprint density at radius 2 is 1.57 bits per heavy atom. The molecule has 0 bridgehead atoms. The standard InChI is InChI=1S/C19H33NO/c1-4-5-6-7-8-9-10-11-14-19(16-20)15-12-13-18(2,3)17(19)21/h4-15H2,1-3H3. The molecule has 1 fully saturated rings. The number of hydrogen-bond donors (Lipinski definition) is 0. The molecule has 0 aromatic heterocycles. The summed E-state index contributed by atoms with van der Waals surface area (Å²) in [5, 5.41) is 9.57. The number of Topliss-reactive ketones (excluding diaryl/α,β-unsaturated/α-hetero) is 1. The molecule has 1 atom stereocenters. The van der Waals surface area contributed by atoms with Crippen molar-refractivity contribution < 1.29 is 4.79 Å². The first kappa shape index (κ1) is 18.2. The summed E-state index contributed by atoms with van der Waals surface area (Å²) >= 11 is 0. The van der Waals surface area contributed by atoms with Crippen LogP contribution >= 0.6 is 0 Å². The van der Waals surface area contributed by atoms with Crippen molar-refractivity contribution >= 4 is 5.78 Å². The topological polar surface area (TPSA) is 40.9 Å². The third-order valence-corrected chi connectivity index (χ3v) is 5.13. The smallest absolute Gasteiger partial charge is 0.158 e. The quantitative estimate of drug-likeness (QED) is 0.503. The van der Waals surface area contributed by atoms with Gasteiger partial charge in [-0.05, 0) is 19.3 Å². The fraction of sp³-hybridized carbons (Fsp3) is 0.895. The number of ketones is 1. The second-order valence-electron chi connectivity index (χ2n) is 7.49.